The summed E-state index contributed by atoms with van der Waals surface area (Å²) in [7, 11) is 0. The van der Waals surface area contributed by atoms with Crippen molar-refractivity contribution in [1.29, 1.82) is 0 Å². The van der Waals surface area contributed by atoms with E-state index in [9.17, 15) is 9.18 Å². The Kier molecular flexibility index (Phi) is 5.59. The molecule has 0 bridgehead atoms. The van der Waals surface area contributed by atoms with E-state index in [2.05, 4.69) is 10.4 Å². The fraction of sp³-hybridized carbons (Fsp3) is 0.0741. The third kappa shape index (κ3) is 3.93. The molecule has 0 aliphatic rings. The fourth-order valence-corrected chi connectivity index (χ4v) is 4.11. The van der Waals surface area contributed by atoms with E-state index in [1.807, 2.05) is 44.2 Å². The highest BCUT2D eigenvalue weighted by molar-refractivity contribution is 6.31. The van der Waals surface area contributed by atoms with Gasteiger partial charge in [-0.15, -0.1) is 0 Å². The van der Waals surface area contributed by atoms with Gasteiger partial charge in [0.1, 0.15) is 5.82 Å². The van der Waals surface area contributed by atoms with E-state index in [0.29, 0.717) is 27.5 Å². The van der Waals surface area contributed by atoms with Gasteiger partial charge in [-0.25, -0.2) is 14.1 Å². The van der Waals surface area contributed by atoms with Crippen LogP contribution in [-0.2, 0) is 0 Å². The summed E-state index contributed by atoms with van der Waals surface area (Å²) in [6, 6.07) is 20.8. The minimum absolute atomic E-state index is 0.256. The number of rotatable bonds is 4. The third-order valence-corrected chi connectivity index (χ3v) is 6.24. The Balaban J connectivity index is 1.60. The van der Waals surface area contributed by atoms with Gasteiger partial charge in [-0.05, 0) is 67.9 Å². The van der Waals surface area contributed by atoms with Crippen LogP contribution in [0, 0.1) is 19.7 Å². The second-order valence-electron chi connectivity index (χ2n) is 7.97. The van der Waals surface area contributed by atoms with Gasteiger partial charge in [-0.1, -0.05) is 35.9 Å². The molecule has 34 heavy (non-hydrogen) atoms. The number of hydrogen-bond acceptors (Lipinski definition) is 3. The van der Waals surface area contributed by atoms with Gasteiger partial charge in [0.2, 0.25) is 0 Å². The van der Waals surface area contributed by atoms with Gasteiger partial charge >= 0.3 is 0 Å². The van der Waals surface area contributed by atoms with Crippen LogP contribution in [0.2, 0.25) is 5.02 Å². The average molecular weight is 471 g/mol. The molecule has 5 nitrogen and oxygen atoms in total. The first-order valence-electron chi connectivity index (χ1n) is 10.7. The first-order chi connectivity index (χ1) is 16.4. The third-order valence-electron chi connectivity index (χ3n) is 5.83. The summed E-state index contributed by atoms with van der Waals surface area (Å²) in [5.41, 5.74) is 5.61. The van der Waals surface area contributed by atoms with Gasteiger partial charge in [0, 0.05) is 21.7 Å². The smallest absolute Gasteiger partial charge is 0.256 e. The molecule has 5 aromatic rings. The Morgan fingerprint density at radius 2 is 1.76 bits per heavy atom. The monoisotopic (exact) mass is 470 g/mol. The van der Waals surface area contributed by atoms with Crippen molar-refractivity contribution >= 4 is 34.1 Å². The van der Waals surface area contributed by atoms with E-state index < -0.39 is 0 Å². The van der Waals surface area contributed by atoms with Gasteiger partial charge in [0.05, 0.1) is 34.4 Å². The molecular formula is C27H20ClFN4O. The molecule has 1 N–H and O–H groups in total. The number of anilines is 1. The van der Waals surface area contributed by atoms with Crippen LogP contribution in [-0.4, -0.2) is 20.7 Å². The van der Waals surface area contributed by atoms with E-state index in [1.54, 1.807) is 41.2 Å². The summed E-state index contributed by atoms with van der Waals surface area (Å²) in [6.07, 6.45) is 1.71. The van der Waals surface area contributed by atoms with E-state index in [-0.39, 0.29) is 11.7 Å². The summed E-state index contributed by atoms with van der Waals surface area (Å²) in [5, 5.41) is 8.78. The largest absolute Gasteiger partial charge is 0.322 e. The zero-order valence-electron chi connectivity index (χ0n) is 18.5. The molecule has 168 valence electrons. The molecule has 0 unspecified atom stereocenters. The van der Waals surface area contributed by atoms with Crippen molar-refractivity contribution in [1.82, 2.24) is 14.8 Å². The average Bonchev–Trinajstić information content (AvgIpc) is 3.23. The number of aromatic nitrogens is 3. The maximum absolute atomic E-state index is 13.4. The highest BCUT2D eigenvalue weighted by Crippen LogP contribution is 2.30. The molecule has 1 amide bonds. The van der Waals surface area contributed by atoms with Gasteiger partial charge < -0.3 is 5.32 Å². The van der Waals surface area contributed by atoms with Crippen molar-refractivity contribution in [3.8, 4) is 16.9 Å². The lowest BCUT2D eigenvalue weighted by Crippen LogP contribution is -2.14. The van der Waals surface area contributed by atoms with E-state index >= 15 is 0 Å². The standard InChI is InChI=1S/C27H20ClFN4O/c1-16-23(28)7-5-9-24(16)32-27(34)21-14-26(31-25-8-4-3-6-20(21)25)22-15-30-33(17(22)2)19-12-10-18(29)11-13-19/h3-15H,1-2H3,(H,32,34). The lowest BCUT2D eigenvalue weighted by Gasteiger charge is -2.13. The Labute approximate surface area is 200 Å². The molecule has 0 aliphatic heterocycles. The van der Waals surface area contributed by atoms with Crippen LogP contribution >= 0.6 is 11.6 Å². The number of carbonyl (C=O) groups is 1. The van der Waals surface area contributed by atoms with Gasteiger partial charge in [-0.3, -0.25) is 4.79 Å². The number of benzene rings is 3. The Bertz CT molecular complexity index is 1540. The summed E-state index contributed by atoms with van der Waals surface area (Å²) in [6.45, 7) is 3.78. The molecule has 5 rings (SSSR count). The van der Waals surface area contributed by atoms with Crippen LogP contribution in [0.25, 0.3) is 27.8 Å². The number of hydrogen-bond donors (Lipinski definition) is 1. The number of halogens is 2. The quantitative estimate of drug-likeness (QED) is 0.316. The van der Waals surface area contributed by atoms with Gasteiger partial charge in [0.15, 0.2) is 0 Å². The van der Waals surface area contributed by atoms with Crippen molar-refractivity contribution < 1.29 is 9.18 Å². The summed E-state index contributed by atoms with van der Waals surface area (Å²) in [5.74, 6) is -0.565. The maximum Gasteiger partial charge on any atom is 0.256 e. The van der Waals surface area contributed by atoms with Crippen LogP contribution in [0.1, 0.15) is 21.6 Å². The van der Waals surface area contributed by atoms with Crippen LogP contribution in [0.5, 0.6) is 0 Å². The first-order valence-corrected chi connectivity index (χ1v) is 11.1. The van der Waals surface area contributed by atoms with Crippen LogP contribution < -0.4 is 5.32 Å². The summed E-state index contributed by atoms with van der Waals surface area (Å²) >= 11 is 6.23. The van der Waals surface area contributed by atoms with Gasteiger partial charge in [-0.2, -0.15) is 5.10 Å². The first kappa shape index (κ1) is 21.8. The van der Waals surface area contributed by atoms with E-state index in [4.69, 9.17) is 16.6 Å². The lowest BCUT2D eigenvalue weighted by atomic mass is 10.0. The van der Waals surface area contributed by atoms with Crippen molar-refractivity contribution in [3.63, 3.8) is 0 Å². The SMILES string of the molecule is Cc1c(Cl)cccc1NC(=O)c1cc(-c2cnn(-c3ccc(F)cc3)c2C)nc2ccccc12. The second-order valence-corrected chi connectivity index (χ2v) is 8.38. The maximum atomic E-state index is 13.4. The van der Waals surface area contributed by atoms with E-state index in [1.165, 1.54) is 12.1 Å². The summed E-state index contributed by atoms with van der Waals surface area (Å²) in [4.78, 5) is 18.2. The molecule has 2 aromatic heterocycles. The summed E-state index contributed by atoms with van der Waals surface area (Å²) < 4.78 is 15.1. The molecule has 7 heteroatoms. The Morgan fingerprint density at radius 1 is 1.00 bits per heavy atom. The van der Waals surface area contributed by atoms with Crippen molar-refractivity contribution in [2.45, 2.75) is 13.8 Å². The minimum atomic E-state index is -0.310. The number of pyridine rings is 1. The predicted molar refractivity (Wildman–Crippen MR) is 133 cm³/mol. The number of para-hydroxylation sites is 1. The topological polar surface area (TPSA) is 59.8 Å². The molecule has 0 saturated heterocycles. The minimum Gasteiger partial charge on any atom is -0.322 e. The zero-order valence-corrected chi connectivity index (χ0v) is 19.3. The van der Waals surface area contributed by atoms with Crippen molar-refractivity contribution in [2.75, 3.05) is 5.32 Å². The highest BCUT2D eigenvalue weighted by atomic mass is 35.5. The van der Waals surface area contributed by atoms with Crippen LogP contribution in [0.3, 0.4) is 0 Å². The van der Waals surface area contributed by atoms with Gasteiger partial charge in [0.25, 0.3) is 5.91 Å². The van der Waals surface area contributed by atoms with E-state index in [0.717, 1.165) is 27.9 Å². The molecule has 0 atom stereocenters. The highest BCUT2D eigenvalue weighted by Gasteiger charge is 2.18. The van der Waals surface area contributed by atoms with Crippen LogP contribution in [0.15, 0.2) is 79.0 Å². The number of amides is 1. The number of carbonyl (C=O) groups excluding carboxylic acids is 1. The molecule has 2 heterocycles. The number of nitrogens with zero attached hydrogens (tertiary/aromatic N) is 3. The normalized spacial score (nSPS) is 11.1. The Morgan fingerprint density at radius 3 is 2.56 bits per heavy atom. The predicted octanol–water partition coefficient (Wildman–Crippen LogP) is 6.75. The Hall–Kier alpha value is -4.03. The van der Waals surface area contributed by atoms with Crippen LogP contribution in [0.4, 0.5) is 10.1 Å². The molecule has 0 aliphatic carbocycles. The molecule has 0 fully saturated rings. The van der Waals surface area contributed by atoms with Crippen molar-refractivity contribution in [3.05, 3.63) is 107 Å². The molecule has 0 radical (unpaired) electrons. The molecular weight excluding hydrogens is 451 g/mol. The molecule has 0 saturated carbocycles. The fourth-order valence-electron chi connectivity index (χ4n) is 3.94. The lowest BCUT2D eigenvalue weighted by molar-refractivity contribution is 0.102. The second kappa shape index (κ2) is 8.72. The molecule has 3 aromatic carbocycles. The number of fused-ring (bicyclic) bond motifs is 1. The zero-order chi connectivity index (χ0) is 23.8. The molecule has 0 spiro atoms. The van der Waals surface area contributed by atoms with Crippen molar-refractivity contribution in [2.24, 2.45) is 0 Å². The number of nitrogens with one attached hydrogen (secondary N) is 1.